The van der Waals surface area contributed by atoms with Crippen LogP contribution in [-0.4, -0.2) is 11.0 Å². The number of hydrogen-bond acceptors (Lipinski definition) is 2. The number of hydrogen-bond donors (Lipinski definition) is 2. The Morgan fingerprint density at radius 3 is 2.82 bits per heavy atom. The van der Waals surface area contributed by atoms with Crippen molar-refractivity contribution in [1.82, 2.24) is 5.32 Å². The summed E-state index contributed by atoms with van der Waals surface area (Å²) in [5.74, 6) is -0.570. The zero-order valence-electron chi connectivity index (χ0n) is 9.22. The molecule has 0 aliphatic heterocycles. The van der Waals surface area contributed by atoms with Gasteiger partial charge in [-0.05, 0) is 59.4 Å². The van der Waals surface area contributed by atoms with E-state index in [-0.39, 0.29) is 16.7 Å². The molecule has 0 bridgehead atoms. The van der Waals surface area contributed by atoms with E-state index in [2.05, 4.69) is 10.6 Å². The van der Waals surface area contributed by atoms with Crippen molar-refractivity contribution in [2.75, 3.05) is 5.32 Å². The molecule has 0 saturated heterocycles. The van der Waals surface area contributed by atoms with Gasteiger partial charge in [-0.25, -0.2) is 4.39 Å². The van der Waals surface area contributed by atoms with Gasteiger partial charge in [0.25, 0.3) is 0 Å². The second-order valence-electron chi connectivity index (χ2n) is 3.38. The van der Waals surface area contributed by atoms with Gasteiger partial charge in [-0.3, -0.25) is 4.79 Å². The molecule has 3 nitrogen and oxygen atoms in total. The number of amides is 1. The quantitative estimate of drug-likeness (QED) is 0.638. The van der Waals surface area contributed by atoms with E-state index in [0.29, 0.717) is 6.42 Å². The molecule has 1 aromatic rings. The second-order valence-corrected chi connectivity index (χ2v) is 5.03. The predicted octanol–water partition coefficient (Wildman–Crippen LogP) is 3.04. The fraction of sp³-hybridized carbons (Fsp3) is 0.273. The molecule has 1 amide bonds. The fourth-order valence-electron chi connectivity index (χ4n) is 1.16. The minimum atomic E-state index is -0.399. The third-order valence-electron chi connectivity index (χ3n) is 1.91. The maximum atomic E-state index is 13.5. The molecule has 0 saturated carbocycles. The molecule has 0 aliphatic rings. The van der Waals surface area contributed by atoms with Crippen molar-refractivity contribution in [2.45, 2.75) is 19.8 Å². The van der Waals surface area contributed by atoms with Gasteiger partial charge in [-0.2, -0.15) is 0 Å². The highest BCUT2D eigenvalue weighted by Gasteiger charge is 2.07. The standard InChI is InChI=1S/C11H12FIN2OS/c1-2-3-10(16)15-11(17)14-9-5-4-7(13)6-8(9)12/h4-6H,2-3H2,1H3,(H2,14,15,16,17). The molecule has 0 aliphatic carbocycles. The third-order valence-corrected chi connectivity index (χ3v) is 2.78. The maximum absolute atomic E-state index is 13.5. The van der Waals surface area contributed by atoms with E-state index in [0.717, 1.165) is 9.99 Å². The van der Waals surface area contributed by atoms with Crippen molar-refractivity contribution < 1.29 is 9.18 Å². The van der Waals surface area contributed by atoms with Gasteiger partial charge in [0.05, 0.1) is 5.69 Å². The number of halogens is 2. The molecule has 2 N–H and O–H groups in total. The molecule has 1 rings (SSSR count). The molecule has 0 heterocycles. The summed E-state index contributed by atoms with van der Waals surface area (Å²) < 4.78 is 14.3. The molecule has 92 valence electrons. The lowest BCUT2D eigenvalue weighted by molar-refractivity contribution is -0.119. The summed E-state index contributed by atoms with van der Waals surface area (Å²) >= 11 is 6.92. The third kappa shape index (κ3) is 4.95. The van der Waals surface area contributed by atoms with Crippen molar-refractivity contribution in [2.24, 2.45) is 0 Å². The number of carbonyl (C=O) groups excluding carboxylic acids is 1. The van der Waals surface area contributed by atoms with Gasteiger partial charge in [0.1, 0.15) is 5.82 Å². The molecule has 0 spiro atoms. The topological polar surface area (TPSA) is 41.1 Å². The number of carbonyl (C=O) groups is 1. The van der Waals surface area contributed by atoms with Crippen LogP contribution in [-0.2, 0) is 4.79 Å². The highest BCUT2D eigenvalue weighted by Crippen LogP contribution is 2.16. The van der Waals surface area contributed by atoms with Crippen molar-refractivity contribution in [1.29, 1.82) is 0 Å². The Kier molecular flexibility index (Phi) is 5.76. The van der Waals surface area contributed by atoms with Gasteiger partial charge in [-0.15, -0.1) is 0 Å². The Balaban J connectivity index is 2.59. The lowest BCUT2D eigenvalue weighted by atomic mass is 10.3. The minimum absolute atomic E-state index is 0.114. The molecule has 0 aromatic heterocycles. The van der Waals surface area contributed by atoms with Crippen LogP contribution < -0.4 is 10.6 Å². The number of nitrogens with one attached hydrogen (secondary N) is 2. The lowest BCUT2D eigenvalue weighted by Crippen LogP contribution is -2.34. The Labute approximate surface area is 118 Å². The second kappa shape index (κ2) is 6.85. The molecular formula is C11H12FIN2OS. The van der Waals surface area contributed by atoms with Crippen molar-refractivity contribution >= 4 is 51.5 Å². The molecule has 6 heteroatoms. The first-order chi connectivity index (χ1) is 8.02. The zero-order chi connectivity index (χ0) is 12.8. The van der Waals surface area contributed by atoms with Gasteiger partial charge < -0.3 is 10.6 Å². The average molecular weight is 366 g/mol. The van der Waals surface area contributed by atoms with Gasteiger partial charge >= 0.3 is 0 Å². The molecule has 17 heavy (non-hydrogen) atoms. The van der Waals surface area contributed by atoms with Crippen LogP contribution >= 0.6 is 34.8 Å². The summed E-state index contributed by atoms with van der Waals surface area (Å²) in [7, 11) is 0. The molecular weight excluding hydrogens is 354 g/mol. The maximum Gasteiger partial charge on any atom is 0.226 e. The van der Waals surface area contributed by atoms with Crippen molar-refractivity contribution in [3.63, 3.8) is 0 Å². The normalized spacial score (nSPS) is 9.82. The van der Waals surface area contributed by atoms with Crippen LogP contribution in [0.3, 0.4) is 0 Å². The van der Waals surface area contributed by atoms with E-state index < -0.39 is 5.82 Å². The van der Waals surface area contributed by atoms with Gasteiger partial charge in [-0.1, -0.05) is 6.92 Å². The van der Waals surface area contributed by atoms with Crippen LogP contribution in [0.2, 0.25) is 0 Å². The van der Waals surface area contributed by atoms with E-state index >= 15 is 0 Å². The number of rotatable bonds is 3. The molecule has 1 aromatic carbocycles. The van der Waals surface area contributed by atoms with Crippen molar-refractivity contribution in [3.8, 4) is 0 Å². The molecule has 0 radical (unpaired) electrons. The van der Waals surface area contributed by atoms with Crippen LogP contribution in [0.25, 0.3) is 0 Å². The zero-order valence-corrected chi connectivity index (χ0v) is 12.2. The highest BCUT2D eigenvalue weighted by atomic mass is 127. The van der Waals surface area contributed by atoms with E-state index in [1.807, 2.05) is 29.5 Å². The average Bonchev–Trinajstić information content (AvgIpc) is 2.22. The Bertz CT molecular complexity index is 439. The van der Waals surface area contributed by atoms with Gasteiger partial charge in [0.15, 0.2) is 5.11 Å². The van der Waals surface area contributed by atoms with Crippen LogP contribution in [0.1, 0.15) is 19.8 Å². The highest BCUT2D eigenvalue weighted by molar-refractivity contribution is 14.1. The number of benzene rings is 1. The first kappa shape index (κ1) is 14.3. The first-order valence-electron chi connectivity index (χ1n) is 5.08. The van der Waals surface area contributed by atoms with E-state index in [9.17, 15) is 9.18 Å². The first-order valence-corrected chi connectivity index (χ1v) is 6.57. The summed E-state index contributed by atoms with van der Waals surface area (Å²) in [6.45, 7) is 1.90. The van der Waals surface area contributed by atoms with Crippen LogP contribution in [0.5, 0.6) is 0 Å². The van der Waals surface area contributed by atoms with E-state index in [1.54, 1.807) is 12.1 Å². The Hall–Kier alpha value is -0.760. The lowest BCUT2D eigenvalue weighted by Gasteiger charge is -2.10. The smallest absolute Gasteiger partial charge is 0.226 e. The summed E-state index contributed by atoms with van der Waals surface area (Å²) in [4.78, 5) is 11.2. The fourth-order valence-corrected chi connectivity index (χ4v) is 1.84. The van der Waals surface area contributed by atoms with E-state index in [1.165, 1.54) is 6.07 Å². The molecule has 0 unspecified atom stereocenters. The van der Waals surface area contributed by atoms with Crippen LogP contribution in [0, 0.1) is 9.39 Å². The summed E-state index contributed by atoms with van der Waals surface area (Å²) in [6.07, 6.45) is 1.14. The summed E-state index contributed by atoms with van der Waals surface area (Å²) in [6, 6.07) is 4.72. The Morgan fingerprint density at radius 1 is 1.53 bits per heavy atom. The van der Waals surface area contributed by atoms with Crippen molar-refractivity contribution in [3.05, 3.63) is 27.6 Å². The summed E-state index contributed by atoms with van der Waals surface area (Å²) in [5.41, 5.74) is 0.257. The SMILES string of the molecule is CCCC(=O)NC(=S)Nc1ccc(I)cc1F. The van der Waals surface area contributed by atoms with Gasteiger partial charge in [0, 0.05) is 9.99 Å². The van der Waals surface area contributed by atoms with Crippen LogP contribution in [0.15, 0.2) is 18.2 Å². The predicted molar refractivity (Wildman–Crippen MR) is 78.4 cm³/mol. The monoisotopic (exact) mass is 366 g/mol. The molecule has 0 fully saturated rings. The largest absolute Gasteiger partial charge is 0.330 e. The van der Waals surface area contributed by atoms with E-state index in [4.69, 9.17) is 12.2 Å². The van der Waals surface area contributed by atoms with Crippen LogP contribution in [0.4, 0.5) is 10.1 Å². The number of thiocarbonyl (C=S) groups is 1. The summed E-state index contributed by atoms with van der Waals surface area (Å²) in [5, 5.41) is 5.25. The Morgan fingerprint density at radius 2 is 2.24 bits per heavy atom. The van der Waals surface area contributed by atoms with Gasteiger partial charge in [0.2, 0.25) is 5.91 Å². The number of anilines is 1. The molecule has 0 atom stereocenters. The minimum Gasteiger partial charge on any atom is -0.330 e.